The number of hydrogen-bond donors (Lipinski definition) is 4. The Morgan fingerprint density at radius 2 is 2.14 bits per heavy atom. The molecule has 2 aromatic heterocycles. The molecule has 1 aromatic carbocycles. The van der Waals surface area contributed by atoms with E-state index in [2.05, 4.69) is 25.6 Å². The fourth-order valence-corrected chi connectivity index (χ4v) is 3.82. The number of nitrogens with two attached hydrogens (primary N) is 1. The third-order valence-electron chi connectivity index (χ3n) is 5.41. The monoisotopic (exact) mass is 392 g/mol. The Labute approximate surface area is 168 Å². The van der Waals surface area contributed by atoms with E-state index in [1.54, 1.807) is 6.33 Å². The van der Waals surface area contributed by atoms with Gasteiger partial charge in [-0.25, -0.2) is 9.97 Å². The zero-order valence-electron chi connectivity index (χ0n) is 16.2. The molecule has 5 N–H and O–H groups in total. The number of anilines is 3. The first kappa shape index (κ1) is 18.9. The topological polar surface area (TPSA) is 135 Å². The lowest BCUT2D eigenvalue weighted by molar-refractivity contribution is 0.100. The van der Waals surface area contributed by atoms with Crippen molar-refractivity contribution in [1.82, 2.24) is 19.5 Å². The summed E-state index contributed by atoms with van der Waals surface area (Å²) in [4.78, 5) is 25.1. The second-order valence-corrected chi connectivity index (χ2v) is 7.34. The minimum absolute atomic E-state index is 0.104. The molecule has 0 bridgehead atoms. The summed E-state index contributed by atoms with van der Waals surface area (Å²) >= 11 is 0. The van der Waals surface area contributed by atoms with Crippen molar-refractivity contribution in [3.63, 3.8) is 0 Å². The Hall–Kier alpha value is -3.49. The maximum Gasteiger partial charge on any atom is 0.254 e. The Bertz CT molecular complexity index is 1060. The van der Waals surface area contributed by atoms with Crippen molar-refractivity contribution in [3.05, 3.63) is 36.3 Å². The standard InChI is InChI=1S/C20H24N8O/c1-28-11-24-17-15(7-4-8-16(17)28)25-19-13(18(22)29)10-23-20(27-19)26-14-6-3-2-5-12(14)9-21/h4,7-12,14,21H,2-3,5-6H2,1H3,(H2,22,29)(H2,23,25,26,27)/t12?,14-/m1/s1. The quantitative estimate of drug-likeness (QED) is 0.477. The minimum Gasteiger partial charge on any atom is -0.365 e. The molecular weight excluding hydrogens is 368 g/mol. The largest absolute Gasteiger partial charge is 0.365 e. The van der Waals surface area contributed by atoms with E-state index in [9.17, 15) is 4.79 Å². The molecule has 0 radical (unpaired) electrons. The fourth-order valence-electron chi connectivity index (χ4n) is 3.82. The molecule has 1 aliphatic rings. The van der Waals surface area contributed by atoms with E-state index in [1.165, 1.54) is 12.4 Å². The van der Waals surface area contributed by atoms with Crippen LogP contribution in [0.25, 0.3) is 11.0 Å². The maximum atomic E-state index is 11.9. The first-order valence-corrected chi connectivity index (χ1v) is 9.68. The average molecular weight is 392 g/mol. The summed E-state index contributed by atoms with van der Waals surface area (Å²) in [6.07, 6.45) is 8.83. The molecule has 1 fully saturated rings. The van der Waals surface area contributed by atoms with Crippen LogP contribution in [0.3, 0.4) is 0 Å². The van der Waals surface area contributed by atoms with Crippen molar-refractivity contribution < 1.29 is 4.79 Å². The lowest BCUT2D eigenvalue weighted by Crippen LogP contribution is -2.33. The van der Waals surface area contributed by atoms with Crippen molar-refractivity contribution in [2.45, 2.75) is 31.7 Å². The van der Waals surface area contributed by atoms with Crippen LogP contribution in [0, 0.1) is 11.3 Å². The highest BCUT2D eigenvalue weighted by Crippen LogP contribution is 2.28. The minimum atomic E-state index is -0.609. The Morgan fingerprint density at radius 1 is 1.31 bits per heavy atom. The van der Waals surface area contributed by atoms with E-state index in [4.69, 9.17) is 11.1 Å². The predicted octanol–water partition coefficient (Wildman–Crippen LogP) is 2.83. The summed E-state index contributed by atoms with van der Waals surface area (Å²) in [5.74, 6) is 0.281. The predicted molar refractivity (Wildman–Crippen MR) is 113 cm³/mol. The number of carbonyl (C=O) groups excluding carboxylic acids is 1. The molecule has 1 unspecified atom stereocenters. The normalized spacial score (nSPS) is 19.1. The van der Waals surface area contributed by atoms with Crippen LogP contribution in [-0.2, 0) is 7.05 Å². The van der Waals surface area contributed by atoms with Gasteiger partial charge in [-0.3, -0.25) is 4.79 Å². The lowest BCUT2D eigenvalue weighted by atomic mass is 9.85. The van der Waals surface area contributed by atoms with Crippen molar-refractivity contribution in [1.29, 1.82) is 5.41 Å². The second-order valence-electron chi connectivity index (χ2n) is 7.34. The first-order chi connectivity index (χ1) is 14.1. The summed E-state index contributed by atoms with van der Waals surface area (Å²) in [5.41, 5.74) is 8.20. The molecule has 2 atom stereocenters. The molecule has 2 heterocycles. The molecule has 1 amide bonds. The van der Waals surface area contributed by atoms with Gasteiger partial charge >= 0.3 is 0 Å². The number of aromatic nitrogens is 4. The maximum absolute atomic E-state index is 11.9. The van der Waals surface area contributed by atoms with Crippen LogP contribution in [0.2, 0.25) is 0 Å². The number of nitrogens with zero attached hydrogens (tertiary/aromatic N) is 4. The van der Waals surface area contributed by atoms with E-state index in [1.807, 2.05) is 29.8 Å². The molecular formula is C20H24N8O. The van der Waals surface area contributed by atoms with Crippen molar-refractivity contribution in [2.75, 3.05) is 10.6 Å². The van der Waals surface area contributed by atoms with Gasteiger partial charge in [0.2, 0.25) is 5.95 Å². The number of imidazole rings is 1. The van der Waals surface area contributed by atoms with Crippen molar-refractivity contribution in [2.24, 2.45) is 18.7 Å². The number of para-hydroxylation sites is 1. The van der Waals surface area contributed by atoms with Crippen molar-refractivity contribution in [3.8, 4) is 0 Å². The summed E-state index contributed by atoms with van der Waals surface area (Å²) in [6, 6.07) is 5.86. The Kier molecular flexibility index (Phi) is 5.11. The van der Waals surface area contributed by atoms with Crippen LogP contribution in [-0.4, -0.2) is 37.7 Å². The van der Waals surface area contributed by atoms with E-state index < -0.39 is 5.91 Å². The zero-order chi connectivity index (χ0) is 20.4. The zero-order valence-corrected chi connectivity index (χ0v) is 16.2. The van der Waals surface area contributed by atoms with Gasteiger partial charge in [-0.1, -0.05) is 18.9 Å². The molecule has 0 aliphatic heterocycles. The van der Waals surface area contributed by atoms with Gasteiger partial charge in [-0.05, 0) is 25.0 Å². The van der Waals surface area contributed by atoms with Gasteiger partial charge in [0.15, 0.2) is 0 Å². The summed E-state index contributed by atoms with van der Waals surface area (Å²) in [7, 11) is 1.92. The molecule has 3 aromatic rings. The fraction of sp³-hybridized carbons (Fsp3) is 0.350. The van der Waals surface area contributed by atoms with Crippen LogP contribution >= 0.6 is 0 Å². The van der Waals surface area contributed by atoms with Gasteiger partial charge in [-0.15, -0.1) is 0 Å². The van der Waals surface area contributed by atoms with Crippen LogP contribution in [0.5, 0.6) is 0 Å². The van der Waals surface area contributed by atoms with E-state index in [-0.39, 0.29) is 17.5 Å². The highest BCUT2D eigenvalue weighted by molar-refractivity contribution is 5.99. The number of aryl methyl sites for hydroxylation is 1. The van der Waals surface area contributed by atoms with Gasteiger partial charge in [0.05, 0.1) is 17.5 Å². The van der Waals surface area contributed by atoms with Gasteiger partial charge in [0.1, 0.15) is 16.9 Å². The molecule has 150 valence electrons. The second kappa shape index (κ2) is 7.86. The SMILES string of the molecule is Cn1cnc2c(Nc3nc(N[C@@H]4CCCCC4C=N)ncc3C(N)=O)cccc21. The van der Waals surface area contributed by atoms with Gasteiger partial charge in [-0.2, -0.15) is 4.98 Å². The molecule has 0 spiro atoms. The average Bonchev–Trinajstić information content (AvgIpc) is 3.10. The Balaban J connectivity index is 1.66. The third-order valence-corrected chi connectivity index (χ3v) is 5.41. The smallest absolute Gasteiger partial charge is 0.254 e. The summed E-state index contributed by atoms with van der Waals surface area (Å²) in [6.45, 7) is 0. The Morgan fingerprint density at radius 3 is 2.93 bits per heavy atom. The number of nitrogens with one attached hydrogen (secondary N) is 3. The summed E-state index contributed by atoms with van der Waals surface area (Å²) in [5, 5.41) is 14.2. The van der Waals surface area contributed by atoms with Crippen LogP contribution < -0.4 is 16.4 Å². The number of benzene rings is 1. The van der Waals surface area contributed by atoms with E-state index in [0.29, 0.717) is 11.8 Å². The van der Waals surface area contributed by atoms with Crippen LogP contribution in [0.1, 0.15) is 36.0 Å². The molecule has 9 heteroatoms. The molecule has 1 saturated carbocycles. The number of rotatable bonds is 6. The summed E-state index contributed by atoms with van der Waals surface area (Å²) < 4.78 is 1.92. The lowest BCUT2D eigenvalue weighted by Gasteiger charge is -2.29. The van der Waals surface area contributed by atoms with Crippen LogP contribution in [0.15, 0.2) is 30.7 Å². The molecule has 9 nitrogen and oxygen atoms in total. The van der Waals surface area contributed by atoms with Gasteiger partial charge in [0, 0.05) is 31.4 Å². The first-order valence-electron chi connectivity index (χ1n) is 9.68. The molecule has 29 heavy (non-hydrogen) atoms. The van der Waals surface area contributed by atoms with Gasteiger partial charge in [0.25, 0.3) is 5.91 Å². The number of primary amides is 1. The molecule has 4 rings (SSSR count). The number of fused-ring (bicyclic) bond motifs is 1. The number of carbonyl (C=O) groups is 1. The van der Waals surface area contributed by atoms with E-state index >= 15 is 0 Å². The number of hydrogen-bond acceptors (Lipinski definition) is 7. The van der Waals surface area contributed by atoms with E-state index in [0.717, 1.165) is 42.4 Å². The molecule has 0 saturated heterocycles. The highest BCUT2D eigenvalue weighted by Gasteiger charge is 2.24. The van der Waals surface area contributed by atoms with Crippen LogP contribution in [0.4, 0.5) is 17.5 Å². The van der Waals surface area contributed by atoms with Crippen molar-refractivity contribution >= 4 is 40.6 Å². The third kappa shape index (κ3) is 3.75. The highest BCUT2D eigenvalue weighted by atomic mass is 16.1. The number of amides is 1. The van der Waals surface area contributed by atoms with Gasteiger partial charge < -0.3 is 26.3 Å². The molecule has 1 aliphatic carbocycles.